The number of hydrogen-bond acceptors (Lipinski definition) is 2. The van der Waals surface area contributed by atoms with Crippen molar-refractivity contribution < 1.29 is 4.42 Å². The van der Waals surface area contributed by atoms with Gasteiger partial charge in [0.05, 0.1) is 5.69 Å². The number of nitrogens with zero attached hydrogens (tertiary/aromatic N) is 1. The quantitative estimate of drug-likeness (QED) is 0.167. The van der Waals surface area contributed by atoms with Gasteiger partial charge in [0.1, 0.15) is 11.2 Å². The van der Waals surface area contributed by atoms with E-state index in [0.717, 1.165) is 44.6 Å². The molecule has 61 heavy (non-hydrogen) atoms. The van der Waals surface area contributed by atoms with Gasteiger partial charge in [0.25, 0.3) is 0 Å². The van der Waals surface area contributed by atoms with Crippen LogP contribution in [0.1, 0.15) is 68.6 Å². The van der Waals surface area contributed by atoms with Crippen LogP contribution in [0.5, 0.6) is 0 Å². The zero-order valence-electron chi connectivity index (χ0n) is 34.8. The molecule has 2 nitrogen and oxygen atoms in total. The molecule has 1 saturated carbocycles. The Morgan fingerprint density at radius 1 is 0.475 bits per heavy atom. The first-order valence-electron chi connectivity index (χ1n) is 22.1. The number of benzene rings is 9. The van der Waals surface area contributed by atoms with Gasteiger partial charge in [-0.3, -0.25) is 0 Å². The molecule has 0 amide bonds. The van der Waals surface area contributed by atoms with Crippen LogP contribution in [0.25, 0.3) is 76.9 Å². The van der Waals surface area contributed by atoms with E-state index in [0.29, 0.717) is 5.92 Å². The zero-order valence-corrected chi connectivity index (χ0v) is 34.8. The Labute approximate surface area is 357 Å². The van der Waals surface area contributed by atoms with E-state index in [1.54, 1.807) is 0 Å². The molecule has 2 aliphatic rings. The molecule has 0 atom stereocenters. The maximum Gasteiger partial charge on any atom is 0.143 e. The topological polar surface area (TPSA) is 16.4 Å². The lowest BCUT2D eigenvalue weighted by molar-refractivity contribution is 0.443. The number of fused-ring (bicyclic) bond motifs is 8. The Bertz CT molecular complexity index is 3320. The first-order valence-corrected chi connectivity index (χ1v) is 22.1. The van der Waals surface area contributed by atoms with Crippen molar-refractivity contribution in [2.75, 3.05) is 4.90 Å². The smallest absolute Gasteiger partial charge is 0.143 e. The molecular formula is C59H47NO. The largest absolute Gasteiger partial charge is 0.455 e. The van der Waals surface area contributed by atoms with Crippen molar-refractivity contribution >= 4 is 60.5 Å². The average Bonchev–Trinajstić information content (AvgIpc) is 3.80. The van der Waals surface area contributed by atoms with E-state index in [-0.39, 0.29) is 5.41 Å². The van der Waals surface area contributed by atoms with Gasteiger partial charge < -0.3 is 9.32 Å². The summed E-state index contributed by atoms with van der Waals surface area (Å²) in [5.74, 6) is 0.645. The Hall–Kier alpha value is -6.90. The van der Waals surface area contributed by atoms with E-state index in [9.17, 15) is 0 Å². The summed E-state index contributed by atoms with van der Waals surface area (Å²) in [6, 6.07) is 67.9. The lowest BCUT2D eigenvalue weighted by Crippen LogP contribution is -2.15. The molecule has 0 spiro atoms. The molecule has 10 aromatic rings. The van der Waals surface area contributed by atoms with E-state index < -0.39 is 0 Å². The number of anilines is 3. The van der Waals surface area contributed by atoms with Gasteiger partial charge in [0.2, 0.25) is 0 Å². The Morgan fingerprint density at radius 2 is 1.13 bits per heavy atom. The molecule has 0 saturated heterocycles. The Balaban J connectivity index is 1.16. The van der Waals surface area contributed by atoms with Crippen LogP contribution in [0.3, 0.4) is 0 Å². The van der Waals surface area contributed by atoms with E-state index in [4.69, 9.17) is 4.42 Å². The highest BCUT2D eigenvalue weighted by Crippen LogP contribution is 2.53. The van der Waals surface area contributed by atoms with Gasteiger partial charge in [0, 0.05) is 38.7 Å². The minimum absolute atomic E-state index is 0.0993. The fraction of sp³-hybridized carbons (Fsp3) is 0.153. The molecule has 0 aliphatic heterocycles. The lowest BCUT2D eigenvalue weighted by atomic mass is 9.82. The van der Waals surface area contributed by atoms with Crippen LogP contribution in [-0.4, -0.2) is 0 Å². The van der Waals surface area contributed by atoms with Crippen molar-refractivity contribution in [3.8, 4) is 33.4 Å². The summed E-state index contributed by atoms with van der Waals surface area (Å²) < 4.78 is 6.83. The number of hydrogen-bond donors (Lipinski definition) is 0. The third-order valence-electron chi connectivity index (χ3n) is 14.1. The molecule has 12 rings (SSSR count). The molecule has 0 unspecified atom stereocenters. The molecule has 9 aromatic carbocycles. The van der Waals surface area contributed by atoms with Crippen LogP contribution in [0.15, 0.2) is 186 Å². The second-order valence-corrected chi connectivity index (χ2v) is 17.9. The zero-order chi connectivity index (χ0) is 40.7. The number of furan rings is 1. The molecule has 2 heteroatoms. The van der Waals surface area contributed by atoms with Gasteiger partial charge in [-0.25, -0.2) is 0 Å². The van der Waals surface area contributed by atoms with Crippen LogP contribution in [0.2, 0.25) is 0 Å². The molecule has 0 N–H and O–H groups in total. The summed E-state index contributed by atoms with van der Waals surface area (Å²) in [7, 11) is 0. The summed E-state index contributed by atoms with van der Waals surface area (Å²) in [6.45, 7) is 4.72. The summed E-state index contributed by atoms with van der Waals surface area (Å²) >= 11 is 0. The van der Waals surface area contributed by atoms with E-state index in [2.05, 4.69) is 201 Å². The van der Waals surface area contributed by atoms with Gasteiger partial charge in [-0.05, 0) is 116 Å². The summed E-state index contributed by atoms with van der Waals surface area (Å²) in [4.78, 5) is 2.53. The molecule has 1 fully saturated rings. The lowest BCUT2D eigenvalue weighted by Gasteiger charge is -2.30. The summed E-state index contributed by atoms with van der Waals surface area (Å²) in [6.07, 6.45) is 6.57. The normalized spacial score (nSPS) is 14.8. The fourth-order valence-electron chi connectivity index (χ4n) is 11.0. The average molecular weight is 786 g/mol. The van der Waals surface area contributed by atoms with Gasteiger partial charge in [0.15, 0.2) is 0 Å². The van der Waals surface area contributed by atoms with Crippen molar-refractivity contribution in [2.24, 2.45) is 0 Å². The van der Waals surface area contributed by atoms with Crippen molar-refractivity contribution in [1.82, 2.24) is 0 Å². The molecule has 1 aromatic heterocycles. The number of rotatable bonds is 6. The third-order valence-corrected chi connectivity index (χ3v) is 14.1. The van der Waals surface area contributed by atoms with Crippen molar-refractivity contribution in [2.45, 2.75) is 57.3 Å². The summed E-state index contributed by atoms with van der Waals surface area (Å²) in [5.41, 5.74) is 16.6. The van der Waals surface area contributed by atoms with Crippen molar-refractivity contribution in [3.05, 3.63) is 199 Å². The first kappa shape index (κ1) is 36.0. The predicted octanol–water partition coefficient (Wildman–Crippen LogP) is 17.1. The monoisotopic (exact) mass is 785 g/mol. The van der Waals surface area contributed by atoms with Gasteiger partial charge in [-0.15, -0.1) is 0 Å². The van der Waals surface area contributed by atoms with Crippen LogP contribution < -0.4 is 4.90 Å². The summed E-state index contributed by atoms with van der Waals surface area (Å²) in [5, 5.41) is 7.15. The highest BCUT2D eigenvalue weighted by molar-refractivity contribution is 6.14. The van der Waals surface area contributed by atoms with Gasteiger partial charge >= 0.3 is 0 Å². The predicted molar refractivity (Wildman–Crippen MR) is 258 cm³/mol. The van der Waals surface area contributed by atoms with Crippen LogP contribution >= 0.6 is 0 Å². The van der Waals surface area contributed by atoms with Crippen LogP contribution in [0, 0.1) is 0 Å². The minimum Gasteiger partial charge on any atom is -0.455 e. The number of para-hydroxylation sites is 1. The highest BCUT2D eigenvalue weighted by Gasteiger charge is 2.36. The highest BCUT2D eigenvalue weighted by atomic mass is 16.3. The van der Waals surface area contributed by atoms with Gasteiger partial charge in [-0.1, -0.05) is 179 Å². The Kier molecular flexibility index (Phi) is 8.32. The standard InChI is InChI=1S/C59H47NO/c1-59(2)53-25-12-10-22-47(53)51-35-43(32-33-54(51)59)60(55-34-31-41-18-7-9-21-46(41)57(55)49-24-14-19-40-17-6-8-20-45(40)49)44-36-50(58-52(37-44)48-23-11-13-26-56(48)61-58)42-29-27-39(28-30-42)38-15-4-3-5-16-38/h6-14,17-38H,3-5,15-16H2,1-2H3. The minimum atomic E-state index is -0.0993. The van der Waals surface area contributed by atoms with Gasteiger partial charge in [-0.2, -0.15) is 0 Å². The molecule has 0 bridgehead atoms. The second kappa shape index (κ2) is 14.1. The molecule has 1 heterocycles. The molecule has 2 aliphatic carbocycles. The van der Waals surface area contributed by atoms with E-state index in [1.807, 2.05) is 0 Å². The van der Waals surface area contributed by atoms with Crippen LogP contribution in [0.4, 0.5) is 17.1 Å². The molecular weight excluding hydrogens is 739 g/mol. The SMILES string of the molecule is CC1(C)c2ccccc2-c2cc(N(c3cc(-c4ccc(C5CCCCC5)cc4)c4oc5ccccc5c4c3)c3ccc4ccccc4c3-c3cccc4ccccc34)ccc21. The third kappa shape index (κ3) is 5.76. The van der Waals surface area contributed by atoms with E-state index >= 15 is 0 Å². The van der Waals surface area contributed by atoms with E-state index in [1.165, 1.54) is 98.2 Å². The molecule has 0 radical (unpaired) electrons. The first-order chi connectivity index (χ1) is 30.0. The maximum atomic E-state index is 6.83. The maximum absolute atomic E-state index is 6.83. The van der Waals surface area contributed by atoms with Crippen molar-refractivity contribution in [3.63, 3.8) is 0 Å². The van der Waals surface area contributed by atoms with Crippen LogP contribution in [-0.2, 0) is 5.41 Å². The molecule has 294 valence electrons. The second-order valence-electron chi connectivity index (χ2n) is 17.9. The Morgan fingerprint density at radius 3 is 1.97 bits per heavy atom. The van der Waals surface area contributed by atoms with Crippen molar-refractivity contribution in [1.29, 1.82) is 0 Å². The fourth-order valence-corrected chi connectivity index (χ4v) is 11.0.